The summed E-state index contributed by atoms with van der Waals surface area (Å²) in [7, 11) is 0. The van der Waals surface area contributed by atoms with E-state index in [9.17, 15) is 9.18 Å². The van der Waals surface area contributed by atoms with Gasteiger partial charge in [0, 0.05) is 11.5 Å². The van der Waals surface area contributed by atoms with Gasteiger partial charge in [0.05, 0.1) is 15.7 Å². The quantitative estimate of drug-likeness (QED) is 0.894. The number of halogens is 2. The maximum Gasteiger partial charge on any atom is 0.261 e. The lowest BCUT2D eigenvalue weighted by Crippen LogP contribution is -2.14. The molecule has 20 heavy (non-hydrogen) atoms. The molecule has 1 amide bonds. The van der Waals surface area contributed by atoms with Gasteiger partial charge in [-0.15, -0.1) is 0 Å². The molecule has 0 saturated carbocycles. The van der Waals surface area contributed by atoms with Crippen molar-refractivity contribution in [3.8, 4) is 0 Å². The van der Waals surface area contributed by atoms with Crippen LogP contribution in [0.25, 0.3) is 0 Å². The highest BCUT2D eigenvalue weighted by atomic mass is 79.9. The Morgan fingerprint density at radius 3 is 2.70 bits per heavy atom. The van der Waals surface area contributed by atoms with Crippen LogP contribution in [0.3, 0.4) is 0 Å². The maximum absolute atomic E-state index is 13.8. The van der Waals surface area contributed by atoms with Gasteiger partial charge in [-0.05, 0) is 28.1 Å². The Hall–Kier alpha value is -1.69. The topological polar surface area (TPSA) is 55.1 Å². The standard InChI is InChI=1S/C14H14BrFN2O2/c1-14(2,3)10-7-11(20-18-10)17-13(19)8-5-4-6-9(15)12(8)16/h4-7H,1-3H3,(H,17,19). The monoisotopic (exact) mass is 340 g/mol. The van der Waals surface area contributed by atoms with Gasteiger partial charge in [0.25, 0.3) is 5.91 Å². The second kappa shape index (κ2) is 5.36. The molecule has 4 nitrogen and oxygen atoms in total. The van der Waals surface area contributed by atoms with E-state index in [1.807, 2.05) is 20.8 Å². The first kappa shape index (κ1) is 14.7. The van der Waals surface area contributed by atoms with E-state index >= 15 is 0 Å². The number of aromatic nitrogens is 1. The third-order valence-electron chi connectivity index (χ3n) is 2.71. The maximum atomic E-state index is 13.8. The van der Waals surface area contributed by atoms with Crippen molar-refractivity contribution in [2.75, 3.05) is 5.32 Å². The van der Waals surface area contributed by atoms with Crippen molar-refractivity contribution in [3.63, 3.8) is 0 Å². The van der Waals surface area contributed by atoms with E-state index in [1.54, 1.807) is 12.1 Å². The van der Waals surface area contributed by atoms with Crippen molar-refractivity contribution in [3.05, 3.63) is 45.8 Å². The molecule has 0 fully saturated rings. The van der Waals surface area contributed by atoms with Gasteiger partial charge in [0.2, 0.25) is 5.88 Å². The van der Waals surface area contributed by atoms with Crippen LogP contribution in [0.15, 0.2) is 33.3 Å². The summed E-state index contributed by atoms with van der Waals surface area (Å²) >= 11 is 3.04. The van der Waals surface area contributed by atoms with Crippen molar-refractivity contribution < 1.29 is 13.7 Å². The summed E-state index contributed by atoms with van der Waals surface area (Å²) in [6.45, 7) is 5.93. The van der Waals surface area contributed by atoms with E-state index in [1.165, 1.54) is 12.1 Å². The molecular weight excluding hydrogens is 327 g/mol. The lowest BCUT2D eigenvalue weighted by molar-refractivity contribution is 0.102. The van der Waals surface area contributed by atoms with E-state index < -0.39 is 11.7 Å². The van der Waals surface area contributed by atoms with E-state index in [2.05, 4.69) is 26.4 Å². The van der Waals surface area contributed by atoms with Crippen LogP contribution in [0.2, 0.25) is 0 Å². The van der Waals surface area contributed by atoms with E-state index in [-0.39, 0.29) is 21.3 Å². The first-order chi connectivity index (χ1) is 9.29. The third-order valence-corrected chi connectivity index (χ3v) is 3.32. The first-order valence-corrected chi connectivity index (χ1v) is 6.81. The normalized spacial score (nSPS) is 11.4. The second-order valence-electron chi connectivity index (χ2n) is 5.38. The minimum Gasteiger partial charge on any atom is -0.338 e. The molecule has 0 unspecified atom stereocenters. The van der Waals surface area contributed by atoms with Gasteiger partial charge in [-0.1, -0.05) is 32.0 Å². The predicted molar refractivity (Wildman–Crippen MR) is 77.3 cm³/mol. The Balaban J connectivity index is 2.20. The number of nitrogens with one attached hydrogen (secondary N) is 1. The Bertz CT molecular complexity index is 647. The first-order valence-electron chi connectivity index (χ1n) is 6.01. The molecule has 0 radical (unpaired) electrons. The van der Waals surface area contributed by atoms with Crippen LogP contribution in [0.4, 0.5) is 10.3 Å². The number of hydrogen-bond acceptors (Lipinski definition) is 3. The van der Waals surface area contributed by atoms with Crippen molar-refractivity contribution in [2.45, 2.75) is 26.2 Å². The van der Waals surface area contributed by atoms with E-state index in [4.69, 9.17) is 4.52 Å². The summed E-state index contributed by atoms with van der Waals surface area (Å²) in [6.07, 6.45) is 0. The second-order valence-corrected chi connectivity index (χ2v) is 6.24. The summed E-state index contributed by atoms with van der Waals surface area (Å²) < 4.78 is 19.1. The SMILES string of the molecule is CC(C)(C)c1cc(NC(=O)c2cccc(Br)c2F)on1. The summed E-state index contributed by atoms with van der Waals surface area (Å²) in [5.74, 6) is -1.000. The van der Waals surface area contributed by atoms with Crippen LogP contribution in [0.1, 0.15) is 36.8 Å². The molecule has 106 valence electrons. The van der Waals surface area contributed by atoms with Crippen molar-refractivity contribution >= 4 is 27.7 Å². The molecular formula is C14H14BrFN2O2. The Kier molecular flexibility index (Phi) is 3.94. The highest BCUT2D eigenvalue weighted by molar-refractivity contribution is 9.10. The largest absolute Gasteiger partial charge is 0.338 e. The van der Waals surface area contributed by atoms with Crippen LogP contribution in [0.5, 0.6) is 0 Å². The summed E-state index contributed by atoms with van der Waals surface area (Å²) in [5, 5.41) is 6.37. The Morgan fingerprint density at radius 1 is 1.40 bits per heavy atom. The van der Waals surface area contributed by atoms with Gasteiger partial charge < -0.3 is 4.52 Å². The third kappa shape index (κ3) is 3.07. The van der Waals surface area contributed by atoms with Crippen molar-refractivity contribution in [1.29, 1.82) is 0 Å². The fraction of sp³-hybridized carbons (Fsp3) is 0.286. The zero-order chi connectivity index (χ0) is 14.9. The fourth-order valence-corrected chi connectivity index (χ4v) is 1.91. The Labute approximate surface area is 124 Å². The van der Waals surface area contributed by atoms with Crippen LogP contribution >= 0.6 is 15.9 Å². The number of amides is 1. The van der Waals surface area contributed by atoms with E-state index in [0.717, 1.165) is 0 Å². The van der Waals surface area contributed by atoms with Crippen molar-refractivity contribution in [1.82, 2.24) is 5.16 Å². The molecule has 1 N–H and O–H groups in total. The number of benzene rings is 1. The molecule has 2 aromatic rings. The van der Waals surface area contributed by atoms with Crippen molar-refractivity contribution in [2.24, 2.45) is 0 Å². The molecule has 0 aliphatic rings. The number of carbonyl (C=O) groups excluding carboxylic acids is 1. The van der Waals surface area contributed by atoms with Crippen LogP contribution in [-0.2, 0) is 5.41 Å². The smallest absolute Gasteiger partial charge is 0.261 e. The number of rotatable bonds is 2. The lowest BCUT2D eigenvalue weighted by Gasteiger charge is -2.12. The molecule has 0 aliphatic heterocycles. The molecule has 0 bridgehead atoms. The minimum absolute atomic E-state index is 0.0620. The van der Waals surface area contributed by atoms with Gasteiger partial charge in [-0.25, -0.2) is 4.39 Å². The highest BCUT2D eigenvalue weighted by Gasteiger charge is 2.21. The van der Waals surface area contributed by atoms with Gasteiger partial charge in [-0.2, -0.15) is 0 Å². The summed E-state index contributed by atoms with van der Waals surface area (Å²) in [4.78, 5) is 12.0. The number of nitrogens with zero attached hydrogens (tertiary/aromatic N) is 1. The molecule has 1 aromatic carbocycles. The highest BCUT2D eigenvalue weighted by Crippen LogP contribution is 2.24. The molecule has 1 heterocycles. The fourth-order valence-electron chi connectivity index (χ4n) is 1.55. The number of anilines is 1. The number of carbonyl (C=O) groups is 1. The molecule has 0 atom stereocenters. The molecule has 0 saturated heterocycles. The predicted octanol–water partition coefficient (Wildman–Crippen LogP) is 4.13. The lowest BCUT2D eigenvalue weighted by atomic mass is 9.92. The summed E-state index contributed by atoms with van der Waals surface area (Å²) in [6, 6.07) is 6.14. The number of hydrogen-bond donors (Lipinski definition) is 1. The van der Waals surface area contributed by atoms with Gasteiger partial charge in [0.1, 0.15) is 5.82 Å². The molecule has 2 rings (SSSR count). The van der Waals surface area contributed by atoms with Gasteiger partial charge >= 0.3 is 0 Å². The van der Waals surface area contributed by atoms with Gasteiger partial charge in [-0.3, -0.25) is 10.1 Å². The molecule has 0 spiro atoms. The van der Waals surface area contributed by atoms with Gasteiger partial charge in [0.15, 0.2) is 0 Å². The van der Waals surface area contributed by atoms with Crippen LogP contribution < -0.4 is 5.32 Å². The molecule has 6 heteroatoms. The molecule has 1 aromatic heterocycles. The average Bonchev–Trinajstić information content (AvgIpc) is 2.81. The Morgan fingerprint density at radius 2 is 2.10 bits per heavy atom. The molecule has 0 aliphatic carbocycles. The van der Waals surface area contributed by atoms with Crippen LogP contribution in [0, 0.1) is 5.82 Å². The minimum atomic E-state index is -0.611. The zero-order valence-electron chi connectivity index (χ0n) is 11.3. The summed E-state index contributed by atoms with van der Waals surface area (Å²) in [5.41, 5.74) is 0.462. The van der Waals surface area contributed by atoms with Crippen LogP contribution in [-0.4, -0.2) is 11.1 Å². The van der Waals surface area contributed by atoms with E-state index in [0.29, 0.717) is 5.69 Å². The zero-order valence-corrected chi connectivity index (χ0v) is 12.9. The average molecular weight is 341 g/mol.